The molecule has 0 rings (SSSR count). The topological polar surface area (TPSA) is 12.5 Å². The largest absolute Gasteiger partial charge is 0.384 e. The quantitative estimate of drug-likeness (QED) is 0.617. The van der Waals surface area contributed by atoms with Gasteiger partial charge in [-0.25, -0.2) is 0 Å². The molecule has 0 spiro atoms. The number of hydrogen-bond donors (Lipinski definition) is 0. The molecule has 2 nitrogen and oxygen atoms in total. The van der Waals surface area contributed by atoms with Gasteiger partial charge in [-0.2, -0.15) is 0 Å². The zero-order valence-corrected chi connectivity index (χ0v) is 11.5. The van der Waals surface area contributed by atoms with Crippen LogP contribution in [0.1, 0.15) is 41.0 Å². The fourth-order valence-electron chi connectivity index (χ4n) is 2.20. The van der Waals surface area contributed by atoms with Crippen LogP contribution >= 0.6 is 0 Å². The molecule has 0 saturated carbocycles. The Labute approximate surface area is 96.0 Å². The molecule has 0 N–H and O–H groups in total. The summed E-state index contributed by atoms with van der Waals surface area (Å²) in [5, 5.41) is 0. The van der Waals surface area contributed by atoms with Crippen LogP contribution in [0.15, 0.2) is 0 Å². The standard InChI is InChI=1S/C13H29NO/c1-7-13(11-15-6,12(4)5)10-14(8-2)9-3/h12H,7-11H2,1-6H3. The summed E-state index contributed by atoms with van der Waals surface area (Å²) in [6.45, 7) is 15.7. The van der Waals surface area contributed by atoms with Crippen molar-refractivity contribution in [1.29, 1.82) is 0 Å². The molecule has 0 bridgehead atoms. The van der Waals surface area contributed by atoms with Gasteiger partial charge in [-0.1, -0.05) is 34.6 Å². The first-order valence-corrected chi connectivity index (χ1v) is 6.27. The molecule has 0 aromatic heterocycles. The third-order valence-corrected chi connectivity index (χ3v) is 3.79. The number of nitrogens with zero attached hydrogens (tertiary/aromatic N) is 1. The van der Waals surface area contributed by atoms with Crippen LogP contribution in [0.4, 0.5) is 0 Å². The number of methoxy groups -OCH3 is 1. The van der Waals surface area contributed by atoms with Crippen LogP contribution < -0.4 is 0 Å². The normalized spacial score (nSPS) is 16.0. The molecule has 1 unspecified atom stereocenters. The van der Waals surface area contributed by atoms with E-state index < -0.39 is 0 Å². The van der Waals surface area contributed by atoms with E-state index in [1.165, 1.54) is 6.42 Å². The Hall–Kier alpha value is -0.0800. The van der Waals surface area contributed by atoms with E-state index >= 15 is 0 Å². The maximum absolute atomic E-state index is 5.42. The molecular weight excluding hydrogens is 186 g/mol. The first-order valence-electron chi connectivity index (χ1n) is 6.27. The van der Waals surface area contributed by atoms with Crippen molar-refractivity contribution in [2.24, 2.45) is 11.3 Å². The minimum atomic E-state index is 0.320. The summed E-state index contributed by atoms with van der Waals surface area (Å²) in [6.07, 6.45) is 1.19. The summed E-state index contributed by atoms with van der Waals surface area (Å²) < 4.78 is 5.42. The van der Waals surface area contributed by atoms with Gasteiger partial charge in [-0.3, -0.25) is 0 Å². The Bertz CT molecular complexity index is 155. The van der Waals surface area contributed by atoms with E-state index in [9.17, 15) is 0 Å². The van der Waals surface area contributed by atoms with Gasteiger partial charge >= 0.3 is 0 Å². The summed E-state index contributed by atoms with van der Waals surface area (Å²) in [5.41, 5.74) is 0.320. The zero-order chi connectivity index (χ0) is 11.9. The highest BCUT2D eigenvalue weighted by Crippen LogP contribution is 2.32. The fraction of sp³-hybridized carbons (Fsp3) is 1.00. The van der Waals surface area contributed by atoms with Crippen molar-refractivity contribution in [2.75, 3.05) is 33.4 Å². The molecule has 0 aliphatic rings. The van der Waals surface area contributed by atoms with Gasteiger partial charge in [0.25, 0.3) is 0 Å². The molecule has 0 aliphatic heterocycles. The predicted octanol–water partition coefficient (Wildman–Crippen LogP) is 3.03. The molecule has 0 aromatic carbocycles. The van der Waals surface area contributed by atoms with Crippen LogP contribution in [0.25, 0.3) is 0 Å². The molecule has 0 aromatic rings. The van der Waals surface area contributed by atoms with Gasteiger partial charge in [0.2, 0.25) is 0 Å². The van der Waals surface area contributed by atoms with E-state index in [1.54, 1.807) is 0 Å². The van der Waals surface area contributed by atoms with Gasteiger partial charge in [0.15, 0.2) is 0 Å². The second-order valence-electron chi connectivity index (χ2n) is 4.77. The van der Waals surface area contributed by atoms with Crippen LogP contribution in [-0.4, -0.2) is 38.3 Å². The molecule has 0 amide bonds. The van der Waals surface area contributed by atoms with Gasteiger partial charge in [0.1, 0.15) is 0 Å². The Balaban J connectivity index is 4.59. The Morgan fingerprint density at radius 2 is 1.67 bits per heavy atom. The molecule has 1 atom stereocenters. The van der Waals surface area contributed by atoms with Crippen molar-refractivity contribution in [3.63, 3.8) is 0 Å². The maximum atomic E-state index is 5.42. The lowest BCUT2D eigenvalue weighted by molar-refractivity contribution is 0.0104. The third-order valence-electron chi connectivity index (χ3n) is 3.79. The molecule has 0 heterocycles. The Morgan fingerprint density at radius 1 is 1.13 bits per heavy atom. The molecule has 2 heteroatoms. The molecule has 15 heavy (non-hydrogen) atoms. The van der Waals surface area contributed by atoms with Gasteiger partial charge < -0.3 is 9.64 Å². The maximum Gasteiger partial charge on any atom is 0.0533 e. The zero-order valence-electron chi connectivity index (χ0n) is 11.5. The summed E-state index contributed by atoms with van der Waals surface area (Å²) in [4.78, 5) is 2.50. The summed E-state index contributed by atoms with van der Waals surface area (Å²) in [6, 6.07) is 0. The lowest BCUT2D eigenvalue weighted by atomic mass is 9.75. The van der Waals surface area contributed by atoms with Gasteiger partial charge in [-0.15, -0.1) is 0 Å². The third kappa shape index (κ3) is 4.12. The van der Waals surface area contributed by atoms with Crippen LogP contribution in [0.3, 0.4) is 0 Å². The van der Waals surface area contributed by atoms with Gasteiger partial charge in [-0.05, 0) is 25.4 Å². The average molecular weight is 215 g/mol. The fourth-order valence-corrected chi connectivity index (χ4v) is 2.20. The van der Waals surface area contributed by atoms with E-state index in [0.717, 1.165) is 26.2 Å². The van der Waals surface area contributed by atoms with Crippen molar-refractivity contribution in [2.45, 2.75) is 41.0 Å². The molecular formula is C13H29NO. The summed E-state index contributed by atoms with van der Waals surface area (Å²) in [5.74, 6) is 0.669. The van der Waals surface area contributed by atoms with Crippen LogP contribution in [-0.2, 0) is 4.74 Å². The molecule has 0 fully saturated rings. The number of hydrogen-bond acceptors (Lipinski definition) is 2. The van der Waals surface area contributed by atoms with Crippen LogP contribution in [0.5, 0.6) is 0 Å². The molecule has 0 saturated heterocycles. The van der Waals surface area contributed by atoms with E-state index in [0.29, 0.717) is 11.3 Å². The molecule has 0 aliphatic carbocycles. The lowest BCUT2D eigenvalue weighted by Crippen LogP contribution is -2.43. The Morgan fingerprint density at radius 3 is 1.93 bits per heavy atom. The van der Waals surface area contributed by atoms with Crippen LogP contribution in [0, 0.1) is 11.3 Å². The lowest BCUT2D eigenvalue weighted by Gasteiger charge is -2.40. The summed E-state index contributed by atoms with van der Waals surface area (Å²) >= 11 is 0. The number of rotatable bonds is 8. The van der Waals surface area contributed by atoms with E-state index in [4.69, 9.17) is 4.74 Å². The predicted molar refractivity (Wildman–Crippen MR) is 67.2 cm³/mol. The second kappa shape index (κ2) is 7.24. The number of ether oxygens (including phenoxy) is 1. The highest BCUT2D eigenvalue weighted by Gasteiger charge is 2.33. The first kappa shape index (κ1) is 14.9. The second-order valence-corrected chi connectivity index (χ2v) is 4.77. The summed E-state index contributed by atoms with van der Waals surface area (Å²) in [7, 11) is 1.81. The first-order chi connectivity index (χ1) is 7.06. The Kier molecular flexibility index (Phi) is 7.20. The van der Waals surface area contributed by atoms with Crippen molar-refractivity contribution >= 4 is 0 Å². The van der Waals surface area contributed by atoms with Gasteiger partial charge in [0, 0.05) is 19.1 Å². The van der Waals surface area contributed by atoms with E-state index in [2.05, 4.69) is 39.5 Å². The highest BCUT2D eigenvalue weighted by atomic mass is 16.5. The van der Waals surface area contributed by atoms with Gasteiger partial charge in [0.05, 0.1) is 6.61 Å². The van der Waals surface area contributed by atoms with Crippen LogP contribution in [0.2, 0.25) is 0 Å². The van der Waals surface area contributed by atoms with Crippen molar-refractivity contribution < 1.29 is 4.74 Å². The van der Waals surface area contributed by atoms with E-state index in [1.807, 2.05) is 7.11 Å². The van der Waals surface area contributed by atoms with Crippen molar-refractivity contribution in [3.8, 4) is 0 Å². The SMILES string of the molecule is CCN(CC)CC(CC)(COC)C(C)C. The minimum Gasteiger partial charge on any atom is -0.384 e. The highest BCUT2D eigenvalue weighted by molar-refractivity contribution is 4.84. The molecule has 92 valence electrons. The monoisotopic (exact) mass is 215 g/mol. The average Bonchev–Trinajstić information content (AvgIpc) is 2.24. The van der Waals surface area contributed by atoms with Crippen molar-refractivity contribution in [1.82, 2.24) is 4.90 Å². The van der Waals surface area contributed by atoms with Crippen molar-refractivity contribution in [3.05, 3.63) is 0 Å². The smallest absolute Gasteiger partial charge is 0.0533 e. The minimum absolute atomic E-state index is 0.320. The molecule has 0 radical (unpaired) electrons. The van der Waals surface area contributed by atoms with E-state index in [-0.39, 0.29) is 0 Å².